The fraction of sp³-hybridized carbons (Fsp3) is 0.227. The van der Waals surface area contributed by atoms with E-state index in [-0.39, 0.29) is 31.0 Å². The average molecular weight is 377 g/mol. The molecule has 3 aromatic rings. The predicted molar refractivity (Wildman–Crippen MR) is 106 cm³/mol. The van der Waals surface area contributed by atoms with Crippen LogP contribution >= 0.6 is 11.3 Å². The van der Waals surface area contributed by atoms with E-state index in [0.29, 0.717) is 0 Å². The number of rotatable bonds is 6. The zero-order valence-corrected chi connectivity index (χ0v) is 15.8. The topological polar surface area (TPSA) is 56.3 Å². The second-order valence-corrected chi connectivity index (χ2v) is 7.57. The fourth-order valence-electron chi connectivity index (χ4n) is 3.43. The molecule has 4 rings (SSSR count). The molecule has 0 amide bonds. The van der Waals surface area contributed by atoms with E-state index in [1.807, 2.05) is 5.38 Å². The highest BCUT2D eigenvalue weighted by atomic mass is 32.1. The number of hydrogen-bond acceptors (Lipinski definition) is 5. The summed E-state index contributed by atoms with van der Waals surface area (Å²) in [7, 11) is 1.33. The molecule has 1 aliphatic carbocycles. The van der Waals surface area contributed by atoms with Crippen molar-refractivity contribution in [2.24, 2.45) is 0 Å². The molecule has 136 valence electrons. The van der Waals surface area contributed by atoms with Gasteiger partial charge in [0.05, 0.1) is 25.6 Å². The molecule has 0 radical (unpaired) electrons. The van der Waals surface area contributed by atoms with Crippen LogP contribution in [0.2, 0.25) is 0 Å². The lowest BCUT2D eigenvalue weighted by Crippen LogP contribution is -2.07. The second kappa shape index (κ2) is 7.45. The summed E-state index contributed by atoms with van der Waals surface area (Å²) in [5.74, 6) is -0.354. The summed E-state index contributed by atoms with van der Waals surface area (Å²) in [5, 5.41) is 2.77. The largest absolute Gasteiger partial charge is 0.469 e. The molecular formula is C22H19NO3S. The summed E-state index contributed by atoms with van der Waals surface area (Å²) in [6.07, 6.45) is 1.53. The van der Waals surface area contributed by atoms with Crippen LogP contribution in [-0.4, -0.2) is 23.8 Å². The molecule has 5 heteroatoms. The van der Waals surface area contributed by atoms with Crippen molar-refractivity contribution in [1.82, 2.24) is 4.98 Å². The first kappa shape index (κ1) is 17.6. The zero-order chi connectivity index (χ0) is 18.8. The third kappa shape index (κ3) is 3.69. The Hall–Kier alpha value is -2.79. The Balaban J connectivity index is 1.47. The summed E-state index contributed by atoms with van der Waals surface area (Å²) >= 11 is 1.49. The number of carbonyl (C=O) groups excluding carboxylic acids is 2. The molecule has 1 heterocycles. The molecule has 0 aliphatic heterocycles. The minimum Gasteiger partial charge on any atom is -0.469 e. The summed E-state index contributed by atoms with van der Waals surface area (Å²) in [5.41, 5.74) is 7.26. The van der Waals surface area contributed by atoms with Crippen LogP contribution in [0.1, 0.15) is 29.0 Å². The van der Waals surface area contributed by atoms with Gasteiger partial charge in [-0.2, -0.15) is 0 Å². The van der Waals surface area contributed by atoms with Crippen LogP contribution in [0.15, 0.2) is 47.8 Å². The van der Waals surface area contributed by atoms with Gasteiger partial charge < -0.3 is 4.74 Å². The Bertz CT molecular complexity index is 1020. The van der Waals surface area contributed by atoms with E-state index in [9.17, 15) is 9.59 Å². The van der Waals surface area contributed by atoms with Crippen LogP contribution in [0.4, 0.5) is 0 Å². The first-order valence-electron chi connectivity index (χ1n) is 8.88. The van der Waals surface area contributed by atoms with Crippen LogP contribution < -0.4 is 0 Å². The highest BCUT2D eigenvalue weighted by Gasteiger charge is 2.19. The number of thiazole rings is 1. The summed E-state index contributed by atoms with van der Waals surface area (Å²) in [6.45, 7) is 0. The number of fused-ring (bicyclic) bond motifs is 3. The zero-order valence-electron chi connectivity index (χ0n) is 15.0. The number of ketones is 1. The third-order valence-corrected chi connectivity index (χ3v) is 5.67. The normalized spacial score (nSPS) is 11.7. The lowest BCUT2D eigenvalue weighted by atomic mass is 10.0. The maximum absolute atomic E-state index is 12.0. The van der Waals surface area contributed by atoms with Crippen LogP contribution in [0.25, 0.3) is 22.4 Å². The van der Waals surface area contributed by atoms with Gasteiger partial charge in [0.1, 0.15) is 10.8 Å². The highest BCUT2D eigenvalue weighted by Crippen LogP contribution is 2.38. The monoisotopic (exact) mass is 377 g/mol. The van der Waals surface area contributed by atoms with E-state index in [1.165, 1.54) is 40.7 Å². The number of hydrogen-bond donors (Lipinski definition) is 0. The molecule has 27 heavy (non-hydrogen) atoms. The number of Topliss-reactive ketones (excluding diaryl/α,β-unsaturated/α-hetero) is 1. The van der Waals surface area contributed by atoms with Gasteiger partial charge in [0.15, 0.2) is 0 Å². The smallest absolute Gasteiger partial charge is 0.305 e. The van der Waals surface area contributed by atoms with E-state index < -0.39 is 0 Å². The van der Waals surface area contributed by atoms with E-state index >= 15 is 0 Å². The molecule has 0 fully saturated rings. The highest BCUT2D eigenvalue weighted by molar-refractivity contribution is 7.10. The van der Waals surface area contributed by atoms with Gasteiger partial charge in [-0.25, -0.2) is 4.98 Å². The van der Waals surface area contributed by atoms with E-state index in [0.717, 1.165) is 22.7 Å². The maximum Gasteiger partial charge on any atom is 0.305 e. The number of ether oxygens (including phenoxy) is 1. The number of benzene rings is 2. The molecular weight excluding hydrogens is 358 g/mol. The van der Waals surface area contributed by atoms with Crippen LogP contribution in [0, 0.1) is 0 Å². The Kier molecular flexibility index (Phi) is 4.86. The molecule has 4 nitrogen and oxygen atoms in total. The molecule has 0 unspecified atom stereocenters. The molecule has 0 N–H and O–H groups in total. The summed E-state index contributed by atoms with van der Waals surface area (Å²) in [6, 6.07) is 15.0. The summed E-state index contributed by atoms with van der Waals surface area (Å²) in [4.78, 5) is 27.8. The molecule has 1 aliphatic rings. The molecule has 0 spiro atoms. The van der Waals surface area contributed by atoms with Gasteiger partial charge in [0, 0.05) is 17.4 Å². The first-order chi connectivity index (χ1) is 13.1. The van der Waals surface area contributed by atoms with Crippen molar-refractivity contribution in [3.05, 3.63) is 64.0 Å². The third-order valence-electron chi connectivity index (χ3n) is 4.83. The van der Waals surface area contributed by atoms with Crippen molar-refractivity contribution in [1.29, 1.82) is 0 Å². The van der Waals surface area contributed by atoms with E-state index in [2.05, 4.69) is 52.2 Å². The van der Waals surface area contributed by atoms with E-state index in [4.69, 9.17) is 0 Å². The predicted octanol–water partition coefficient (Wildman–Crippen LogP) is 4.45. The van der Waals surface area contributed by atoms with Gasteiger partial charge in [-0.05, 0) is 34.7 Å². The first-order valence-corrected chi connectivity index (χ1v) is 9.76. The van der Waals surface area contributed by atoms with E-state index in [1.54, 1.807) is 0 Å². The Labute approximate surface area is 161 Å². The van der Waals surface area contributed by atoms with Crippen molar-refractivity contribution in [3.63, 3.8) is 0 Å². The fourth-order valence-corrected chi connectivity index (χ4v) is 4.26. The molecule has 0 saturated carbocycles. The lowest BCUT2D eigenvalue weighted by Gasteiger charge is -2.03. The number of esters is 1. The number of aromatic nitrogens is 1. The van der Waals surface area contributed by atoms with Gasteiger partial charge >= 0.3 is 5.97 Å². The standard InChI is InChI=1S/C22H19NO3S/c1-26-22(25)9-7-17(24)12-21-23-20(13-27-21)15-6-8-19-16(11-15)10-14-4-2-3-5-18(14)19/h2-6,8,11,13H,7,9-10,12H2,1H3. The van der Waals surface area contributed by atoms with Crippen molar-refractivity contribution in [3.8, 4) is 22.4 Å². The van der Waals surface area contributed by atoms with Crippen molar-refractivity contribution in [2.75, 3.05) is 7.11 Å². The molecule has 1 aromatic heterocycles. The van der Waals surface area contributed by atoms with Gasteiger partial charge in [-0.15, -0.1) is 11.3 Å². The molecule has 0 saturated heterocycles. The Morgan fingerprint density at radius 3 is 2.74 bits per heavy atom. The SMILES string of the molecule is COC(=O)CCC(=O)Cc1nc(-c2ccc3c(c2)Cc2ccccc2-3)cs1. The Morgan fingerprint density at radius 2 is 1.89 bits per heavy atom. The minimum absolute atomic E-state index is 0.00528. The second-order valence-electron chi connectivity index (χ2n) is 6.62. The minimum atomic E-state index is -0.359. The number of nitrogens with zero attached hydrogens (tertiary/aromatic N) is 1. The van der Waals surface area contributed by atoms with Crippen LogP contribution in [0.5, 0.6) is 0 Å². The van der Waals surface area contributed by atoms with Gasteiger partial charge in [0.25, 0.3) is 0 Å². The number of carbonyl (C=O) groups is 2. The Morgan fingerprint density at radius 1 is 1.07 bits per heavy atom. The molecule has 0 atom stereocenters. The average Bonchev–Trinajstić information content (AvgIpc) is 3.29. The van der Waals surface area contributed by atoms with Gasteiger partial charge in [-0.1, -0.05) is 36.4 Å². The van der Waals surface area contributed by atoms with Crippen molar-refractivity contribution in [2.45, 2.75) is 25.7 Å². The van der Waals surface area contributed by atoms with Crippen molar-refractivity contribution < 1.29 is 14.3 Å². The van der Waals surface area contributed by atoms with Crippen LogP contribution in [0.3, 0.4) is 0 Å². The van der Waals surface area contributed by atoms with Crippen LogP contribution in [-0.2, 0) is 27.2 Å². The van der Waals surface area contributed by atoms with Gasteiger partial charge in [-0.3, -0.25) is 9.59 Å². The lowest BCUT2D eigenvalue weighted by molar-refractivity contribution is -0.141. The van der Waals surface area contributed by atoms with Crippen molar-refractivity contribution >= 4 is 23.1 Å². The maximum atomic E-state index is 12.0. The molecule has 2 aromatic carbocycles. The summed E-state index contributed by atoms with van der Waals surface area (Å²) < 4.78 is 4.57. The molecule has 0 bridgehead atoms. The van der Waals surface area contributed by atoms with Gasteiger partial charge in [0.2, 0.25) is 0 Å². The quantitative estimate of drug-likeness (QED) is 0.466. The number of methoxy groups -OCH3 is 1.